The Labute approximate surface area is 110 Å². The number of hydrogen-bond acceptors (Lipinski definition) is 3. The highest BCUT2D eigenvalue weighted by atomic mass is 19.4. The predicted octanol–water partition coefficient (Wildman–Crippen LogP) is 2.62. The molecule has 0 saturated carbocycles. The van der Waals surface area contributed by atoms with E-state index < -0.39 is 11.7 Å². The first-order valence-electron chi connectivity index (χ1n) is 6.09. The highest BCUT2D eigenvalue weighted by Crippen LogP contribution is 2.36. The van der Waals surface area contributed by atoms with Crippen molar-refractivity contribution in [3.63, 3.8) is 0 Å². The Hall–Kier alpha value is -1.27. The minimum Gasteiger partial charge on any atom is -0.491 e. The second-order valence-electron chi connectivity index (χ2n) is 3.91. The second kappa shape index (κ2) is 7.35. The molecule has 108 valence electrons. The molecule has 0 aliphatic heterocycles. The molecule has 19 heavy (non-hydrogen) atoms. The molecule has 0 aromatic heterocycles. The SMILES string of the molecule is CCOCCOc1ccc(CCN)cc1C(F)(F)F. The van der Waals surface area contributed by atoms with Crippen LogP contribution in [0.15, 0.2) is 18.2 Å². The normalized spacial score (nSPS) is 11.6. The van der Waals surface area contributed by atoms with Gasteiger partial charge in [0.25, 0.3) is 0 Å². The van der Waals surface area contributed by atoms with Gasteiger partial charge in [-0.2, -0.15) is 13.2 Å². The summed E-state index contributed by atoms with van der Waals surface area (Å²) in [5, 5.41) is 0. The third-order valence-corrected chi connectivity index (χ3v) is 2.47. The van der Waals surface area contributed by atoms with Gasteiger partial charge in [0.1, 0.15) is 12.4 Å². The lowest BCUT2D eigenvalue weighted by molar-refractivity contribution is -0.139. The van der Waals surface area contributed by atoms with Gasteiger partial charge in [-0.25, -0.2) is 0 Å². The van der Waals surface area contributed by atoms with Gasteiger partial charge in [0.05, 0.1) is 12.2 Å². The Bertz CT molecular complexity index is 394. The minimum absolute atomic E-state index is 0.0904. The van der Waals surface area contributed by atoms with E-state index >= 15 is 0 Å². The van der Waals surface area contributed by atoms with Gasteiger partial charge in [0, 0.05) is 6.61 Å². The smallest absolute Gasteiger partial charge is 0.419 e. The molecule has 0 radical (unpaired) electrons. The first-order chi connectivity index (χ1) is 8.99. The topological polar surface area (TPSA) is 44.5 Å². The van der Waals surface area contributed by atoms with Crippen LogP contribution in [0.1, 0.15) is 18.1 Å². The maximum absolute atomic E-state index is 12.9. The molecule has 0 amide bonds. The van der Waals surface area contributed by atoms with Crippen LogP contribution in [0.25, 0.3) is 0 Å². The Balaban J connectivity index is 2.84. The summed E-state index contributed by atoms with van der Waals surface area (Å²) in [5.41, 5.74) is 5.12. The van der Waals surface area contributed by atoms with Gasteiger partial charge in [0.2, 0.25) is 0 Å². The molecule has 0 aliphatic carbocycles. The lowest BCUT2D eigenvalue weighted by Gasteiger charge is -2.15. The zero-order valence-corrected chi connectivity index (χ0v) is 10.8. The van der Waals surface area contributed by atoms with Gasteiger partial charge < -0.3 is 15.2 Å². The van der Waals surface area contributed by atoms with Gasteiger partial charge in [-0.3, -0.25) is 0 Å². The van der Waals surface area contributed by atoms with E-state index in [4.69, 9.17) is 15.2 Å². The highest BCUT2D eigenvalue weighted by molar-refractivity contribution is 5.39. The lowest BCUT2D eigenvalue weighted by Crippen LogP contribution is -2.13. The quantitative estimate of drug-likeness (QED) is 0.779. The fourth-order valence-electron chi connectivity index (χ4n) is 1.60. The average Bonchev–Trinajstić information content (AvgIpc) is 2.35. The van der Waals surface area contributed by atoms with Gasteiger partial charge in [-0.1, -0.05) is 6.07 Å². The molecule has 1 aromatic rings. The Kier molecular flexibility index (Phi) is 6.11. The van der Waals surface area contributed by atoms with Crippen LogP contribution >= 0.6 is 0 Å². The molecule has 0 fully saturated rings. The fraction of sp³-hybridized carbons (Fsp3) is 0.538. The average molecular weight is 277 g/mol. The summed E-state index contributed by atoms with van der Waals surface area (Å²) in [6.45, 7) is 2.97. The summed E-state index contributed by atoms with van der Waals surface area (Å²) < 4.78 is 48.8. The summed E-state index contributed by atoms with van der Waals surface area (Å²) >= 11 is 0. The molecule has 0 aliphatic rings. The highest BCUT2D eigenvalue weighted by Gasteiger charge is 2.34. The number of benzene rings is 1. The molecule has 0 atom stereocenters. The first-order valence-corrected chi connectivity index (χ1v) is 6.09. The van der Waals surface area contributed by atoms with E-state index in [1.807, 2.05) is 6.92 Å². The zero-order valence-electron chi connectivity index (χ0n) is 10.8. The van der Waals surface area contributed by atoms with Crippen molar-refractivity contribution >= 4 is 0 Å². The van der Waals surface area contributed by atoms with Crippen LogP contribution in [0.4, 0.5) is 13.2 Å². The number of alkyl halides is 3. The maximum Gasteiger partial charge on any atom is 0.419 e. The maximum atomic E-state index is 12.9. The molecular formula is C13H18F3NO2. The zero-order chi connectivity index (χ0) is 14.3. The molecule has 0 saturated heterocycles. The van der Waals surface area contributed by atoms with Crippen molar-refractivity contribution in [3.05, 3.63) is 29.3 Å². The molecule has 6 heteroatoms. The van der Waals surface area contributed by atoms with Crippen molar-refractivity contribution in [2.24, 2.45) is 5.73 Å². The van der Waals surface area contributed by atoms with Gasteiger partial charge in [-0.15, -0.1) is 0 Å². The molecule has 2 N–H and O–H groups in total. The molecule has 3 nitrogen and oxygen atoms in total. The predicted molar refractivity (Wildman–Crippen MR) is 66.2 cm³/mol. The monoisotopic (exact) mass is 277 g/mol. The van der Waals surface area contributed by atoms with Crippen molar-refractivity contribution in [2.75, 3.05) is 26.4 Å². The van der Waals surface area contributed by atoms with E-state index in [2.05, 4.69) is 0 Å². The first kappa shape index (κ1) is 15.8. The van der Waals surface area contributed by atoms with Crippen LogP contribution in [-0.2, 0) is 17.3 Å². The Morgan fingerprint density at radius 1 is 1.21 bits per heavy atom. The van der Waals surface area contributed by atoms with E-state index in [1.54, 1.807) is 6.07 Å². The van der Waals surface area contributed by atoms with Crippen LogP contribution in [0.5, 0.6) is 5.75 Å². The van der Waals surface area contributed by atoms with Crippen molar-refractivity contribution in [2.45, 2.75) is 19.5 Å². The van der Waals surface area contributed by atoms with Crippen LogP contribution in [0.3, 0.4) is 0 Å². The minimum atomic E-state index is -4.44. The summed E-state index contributed by atoms with van der Waals surface area (Å²) in [6.07, 6.45) is -4.03. The van der Waals surface area contributed by atoms with Crippen molar-refractivity contribution in [1.82, 2.24) is 0 Å². The van der Waals surface area contributed by atoms with Crippen molar-refractivity contribution < 1.29 is 22.6 Å². The molecule has 0 unspecified atom stereocenters. The summed E-state index contributed by atoms with van der Waals surface area (Å²) in [5.74, 6) is -0.173. The van der Waals surface area contributed by atoms with E-state index in [-0.39, 0.29) is 19.0 Å². The van der Waals surface area contributed by atoms with Crippen LogP contribution in [-0.4, -0.2) is 26.4 Å². The van der Waals surface area contributed by atoms with Gasteiger partial charge in [0.15, 0.2) is 0 Å². The second-order valence-corrected chi connectivity index (χ2v) is 3.91. The summed E-state index contributed by atoms with van der Waals surface area (Å²) in [7, 11) is 0. The van der Waals surface area contributed by atoms with Crippen LogP contribution in [0, 0.1) is 0 Å². The van der Waals surface area contributed by atoms with Crippen LogP contribution in [0.2, 0.25) is 0 Å². The van der Waals surface area contributed by atoms with Crippen molar-refractivity contribution in [3.8, 4) is 5.75 Å². The number of hydrogen-bond donors (Lipinski definition) is 1. The van der Waals surface area contributed by atoms with Gasteiger partial charge in [-0.05, 0) is 37.6 Å². The van der Waals surface area contributed by atoms with E-state index in [0.717, 1.165) is 6.07 Å². The van der Waals surface area contributed by atoms with Gasteiger partial charge >= 0.3 is 6.18 Å². The third-order valence-electron chi connectivity index (χ3n) is 2.47. The number of ether oxygens (including phenoxy) is 2. The molecule has 1 rings (SSSR count). The number of rotatable bonds is 7. The number of halogens is 3. The fourth-order valence-corrected chi connectivity index (χ4v) is 1.60. The largest absolute Gasteiger partial charge is 0.491 e. The van der Waals surface area contributed by atoms with E-state index in [0.29, 0.717) is 25.1 Å². The number of nitrogens with two attached hydrogens (primary N) is 1. The standard InChI is InChI=1S/C13H18F3NO2/c1-2-18-7-8-19-12-4-3-10(5-6-17)9-11(12)13(14,15)16/h3-4,9H,2,5-8,17H2,1H3. The van der Waals surface area contributed by atoms with E-state index in [1.165, 1.54) is 6.07 Å². The lowest BCUT2D eigenvalue weighted by atomic mass is 10.1. The Morgan fingerprint density at radius 2 is 1.95 bits per heavy atom. The summed E-state index contributed by atoms with van der Waals surface area (Å²) in [6, 6.07) is 4.01. The Morgan fingerprint density at radius 3 is 2.53 bits per heavy atom. The molecule has 0 bridgehead atoms. The molecular weight excluding hydrogens is 259 g/mol. The van der Waals surface area contributed by atoms with Crippen molar-refractivity contribution in [1.29, 1.82) is 0 Å². The molecule has 1 aromatic carbocycles. The molecule has 0 heterocycles. The molecule has 0 spiro atoms. The van der Waals surface area contributed by atoms with E-state index in [9.17, 15) is 13.2 Å². The van der Waals surface area contributed by atoms with Crippen LogP contribution < -0.4 is 10.5 Å². The third kappa shape index (κ3) is 5.08. The summed E-state index contributed by atoms with van der Waals surface area (Å²) in [4.78, 5) is 0.